The van der Waals surface area contributed by atoms with E-state index in [4.69, 9.17) is 0 Å². The first-order valence-corrected chi connectivity index (χ1v) is 6.73. The van der Waals surface area contributed by atoms with Crippen LogP contribution < -0.4 is 5.32 Å². The van der Waals surface area contributed by atoms with Crippen molar-refractivity contribution < 1.29 is 9.59 Å². The van der Waals surface area contributed by atoms with Crippen LogP contribution in [0, 0.1) is 0 Å². The van der Waals surface area contributed by atoms with E-state index in [1.54, 1.807) is 29.0 Å². The highest BCUT2D eigenvalue weighted by molar-refractivity contribution is 5.84. The zero-order valence-corrected chi connectivity index (χ0v) is 11.7. The topological polar surface area (TPSA) is 83.4 Å². The van der Waals surface area contributed by atoms with Gasteiger partial charge in [0.25, 0.3) is 0 Å². The third-order valence-electron chi connectivity index (χ3n) is 3.29. The number of nitrogens with one attached hydrogen (secondary N) is 1. The van der Waals surface area contributed by atoms with Gasteiger partial charge < -0.3 is 15.1 Å². The lowest BCUT2D eigenvalue weighted by molar-refractivity contribution is -0.139. The van der Waals surface area contributed by atoms with Crippen LogP contribution in [0.25, 0.3) is 0 Å². The van der Waals surface area contributed by atoms with E-state index in [0.717, 1.165) is 13.1 Å². The van der Waals surface area contributed by atoms with Crippen molar-refractivity contribution in [3.8, 4) is 0 Å². The van der Waals surface area contributed by atoms with E-state index < -0.39 is 0 Å². The maximum atomic E-state index is 12.0. The summed E-state index contributed by atoms with van der Waals surface area (Å²) in [5.41, 5.74) is 0. The van der Waals surface area contributed by atoms with Crippen LogP contribution in [-0.4, -0.2) is 76.4 Å². The van der Waals surface area contributed by atoms with Gasteiger partial charge >= 0.3 is 0 Å². The van der Waals surface area contributed by atoms with Crippen LogP contribution in [0.3, 0.4) is 0 Å². The van der Waals surface area contributed by atoms with Crippen molar-refractivity contribution in [1.29, 1.82) is 0 Å². The van der Waals surface area contributed by atoms with Crippen LogP contribution in [0.15, 0.2) is 12.4 Å². The molecule has 20 heavy (non-hydrogen) atoms. The SMILES string of the molecule is CN(CC(=O)N1CCNCC1)C(=O)CCn1ccnn1. The molecule has 2 amide bonds. The predicted octanol–water partition coefficient (Wildman–Crippen LogP) is -1.44. The predicted molar refractivity (Wildman–Crippen MR) is 71.7 cm³/mol. The van der Waals surface area contributed by atoms with Crippen molar-refractivity contribution in [2.45, 2.75) is 13.0 Å². The van der Waals surface area contributed by atoms with E-state index in [1.165, 1.54) is 4.90 Å². The molecule has 1 N–H and O–H groups in total. The second-order valence-corrected chi connectivity index (χ2v) is 4.80. The zero-order chi connectivity index (χ0) is 14.4. The number of hydrogen-bond donors (Lipinski definition) is 1. The Balaban J connectivity index is 1.73. The Morgan fingerprint density at radius 1 is 1.35 bits per heavy atom. The van der Waals surface area contributed by atoms with E-state index in [1.807, 2.05) is 0 Å². The number of carbonyl (C=O) groups is 2. The second kappa shape index (κ2) is 6.99. The van der Waals surface area contributed by atoms with E-state index in [0.29, 0.717) is 26.1 Å². The molecule has 8 heteroatoms. The van der Waals surface area contributed by atoms with Gasteiger partial charge in [-0.15, -0.1) is 5.10 Å². The molecular formula is C12H20N6O2. The van der Waals surface area contributed by atoms with Crippen molar-refractivity contribution in [3.05, 3.63) is 12.4 Å². The van der Waals surface area contributed by atoms with Gasteiger partial charge in [-0.1, -0.05) is 5.21 Å². The normalized spacial score (nSPS) is 15.2. The van der Waals surface area contributed by atoms with Crippen LogP contribution in [0.4, 0.5) is 0 Å². The fourth-order valence-electron chi connectivity index (χ4n) is 2.06. The maximum Gasteiger partial charge on any atom is 0.242 e. The van der Waals surface area contributed by atoms with Crippen LogP contribution in [0.5, 0.6) is 0 Å². The van der Waals surface area contributed by atoms with Gasteiger partial charge in [0.1, 0.15) is 0 Å². The van der Waals surface area contributed by atoms with Gasteiger partial charge in [0.05, 0.1) is 19.3 Å². The minimum absolute atomic E-state index is 0.00288. The average Bonchev–Trinajstić information content (AvgIpc) is 2.98. The summed E-state index contributed by atoms with van der Waals surface area (Å²) < 4.78 is 1.60. The Labute approximate surface area is 117 Å². The van der Waals surface area contributed by atoms with Gasteiger partial charge in [-0.25, -0.2) is 0 Å². The van der Waals surface area contributed by atoms with E-state index in [9.17, 15) is 9.59 Å². The number of nitrogens with zero attached hydrogens (tertiary/aromatic N) is 5. The number of rotatable bonds is 5. The molecule has 0 saturated carbocycles. The molecule has 2 rings (SSSR count). The molecule has 1 aromatic rings. The Morgan fingerprint density at radius 3 is 2.75 bits per heavy atom. The number of amides is 2. The largest absolute Gasteiger partial charge is 0.339 e. The Hall–Kier alpha value is -1.96. The molecule has 1 saturated heterocycles. The fourth-order valence-corrected chi connectivity index (χ4v) is 2.06. The van der Waals surface area contributed by atoms with Gasteiger partial charge in [-0.3, -0.25) is 14.3 Å². The summed E-state index contributed by atoms with van der Waals surface area (Å²) in [4.78, 5) is 27.2. The number of carbonyl (C=O) groups excluding carboxylic acids is 2. The monoisotopic (exact) mass is 280 g/mol. The van der Waals surface area contributed by atoms with Gasteiger partial charge in [0, 0.05) is 45.8 Å². The lowest BCUT2D eigenvalue weighted by Crippen LogP contribution is -2.49. The molecular weight excluding hydrogens is 260 g/mol. The number of aromatic nitrogens is 3. The quantitative estimate of drug-likeness (QED) is 0.714. The first-order chi connectivity index (χ1) is 9.66. The van der Waals surface area contributed by atoms with Crippen LogP contribution in [0.1, 0.15) is 6.42 Å². The molecule has 0 radical (unpaired) electrons. The lowest BCUT2D eigenvalue weighted by atomic mass is 10.3. The third-order valence-corrected chi connectivity index (χ3v) is 3.29. The van der Waals surface area contributed by atoms with E-state index >= 15 is 0 Å². The molecule has 1 aromatic heterocycles. The summed E-state index contributed by atoms with van der Waals surface area (Å²) in [6.45, 7) is 3.66. The highest BCUT2D eigenvalue weighted by atomic mass is 16.2. The van der Waals surface area contributed by atoms with Crippen molar-refractivity contribution in [3.63, 3.8) is 0 Å². The summed E-state index contributed by atoms with van der Waals surface area (Å²) in [6, 6.07) is 0. The molecule has 8 nitrogen and oxygen atoms in total. The Bertz CT molecular complexity index is 441. The molecule has 0 aromatic carbocycles. The van der Waals surface area contributed by atoms with Gasteiger partial charge in [-0.2, -0.15) is 0 Å². The minimum Gasteiger partial charge on any atom is -0.339 e. The van der Waals surface area contributed by atoms with Crippen molar-refractivity contribution in [2.24, 2.45) is 0 Å². The molecule has 0 aliphatic carbocycles. The molecule has 0 atom stereocenters. The number of hydrogen-bond acceptors (Lipinski definition) is 5. The average molecular weight is 280 g/mol. The van der Waals surface area contributed by atoms with Crippen LogP contribution in [-0.2, 0) is 16.1 Å². The summed E-state index contributed by atoms with van der Waals surface area (Å²) in [5.74, 6) is -0.0629. The van der Waals surface area contributed by atoms with Gasteiger partial charge in [0.2, 0.25) is 11.8 Å². The molecule has 1 fully saturated rings. The standard InChI is InChI=1S/C12H20N6O2/c1-16(10-12(20)17-7-3-13-4-8-17)11(19)2-6-18-9-5-14-15-18/h5,9,13H,2-4,6-8,10H2,1H3. The summed E-state index contributed by atoms with van der Waals surface area (Å²) in [5, 5.41) is 10.7. The zero-order valence-electron chi connectivity index (χ0n) is 11.7. The number of likely N-dealkylation sites (N-methyl/N-ethyl adjacent to an activating group) is 1. The first kappa shape index (κ1) is 14.4. The summed E-state index contributed by atoms with van der Waals surface area (Å²) in [7, 11) is 1.66. The summed E-state index contributed by atoms with van der Waals surface area (Å²) in [6.07, 6.45) is 3.59. The molecule has 0 spiro atoms. The fraction of sp³-hybridized carbons (Fsp3) is 0.667. The molecule has 110 valence electrons. The molecule has 1 aliphatic rings. The Kier molecular flexibility index (Phi) is 5.05. The van der Waals surface area contributed by atoms with Gasteiger partial charge in [-0.05, 0) is 0 Å². The van der Waals surface area contributed by atoms with Crippen LogP contribution in [0.2, 0.25) is 0 Å². The molecule has 2 heterocycles. The molecule has 1 aliphatic heterocycles. The third kappa shape index (κ3) is 4.02. The Morgan fingerprint density at radius 2 is 2.10 bits per heavy atom. The molecule has 0 unspecified atom stereocenters. The smallest absolute Gasteiger partial charge is 0.242 e. The highest BCUT2D eigenvalue weighted by Crippen LogP contribution is 1.98. The number of aryl methyl sites for hydroxylation is 1. The van der Waals surface area contributed by atoms with E-state index in [-0.39, 0.29) is 18.4 Å². The lowest BCUT2D eigenvalue weighted by Gasteiger charge is -2.29. The van der Waals surface area contributed by atoms with Crippen molar-refractivity contribution in [2.75, 3.05) is 39.8 Å². The van der Waals surface area contributed by atoms with Crippen LogP contribution >= 0.6 is 0 Å². The first-order valence-electron chi connectivity index (χ1n) is 6.73. The van der Waals surface area contributed by atoms with Gasteiger partial charge in [0.15, 0.2) is 0 Å². The van der Waals surface area contributed by atoms with E-state index in [2.05, 4.69) is 15.6 Å². The minimum atomic E-state index is -0.0658. The summed E-state index contributed by atoms with van der Waals surface area (Å²) >= 11 is 0. The second-order valence-electron chi connectivity index (χ2n) is 4.80. The maximum absolute atomic E-state index is 12.0. The molecule has 0 bridgehead atoms. The highest BCUT2D eigenvalue weighted by Gasteiger charge is 2.19. The van der Waals surface area contributed by atoms with Crippen molar-refractivity contribution in [1.82, 2.24) is 30.1 Å². The number of piperazine rings is 1. The van der Waals surface area contributed by atoms with Crippen molar-refractivity contribution >= 4 is 11.8 Å².